The molecule has 1 heterocycles. The van der Waals surface area contributed by atoms with E-state index in [1.807, 2.05) is 24.3 Å². The van der Waals surface area contributed by atoms with E-state index in [4.69, 9.17) is 0 Å². The lowest BCUT2D eigenvalue weighted by molar-refractivity contribution is 0.627. The summed E-state index contributed by atoms with van der Waals surface area (Å²) in [5, 5.41) is 10.2. The molecule has 3 nitrogen and oxygen atoms in total. The van der Waals surface area contributed by atoms with Crippen LogP contribution in [0.2, 0.25) is 0 Å². The first-order valence-electron chi connectivity index (χ1n) is 6.21. The number of aromatic nitrogens is 1. The predicted molar refractivity (Wildman–Crippen MR) is 77.5 cm³/mol. The Morgan fingerprint density at radius 2 is 1.80 bits per heavy atom. The SMILES string of the molecule is CN(c1ccccc1F)c1[nH]c2ccccc2c1C#N. The van der Waals surface area contributed by atoms with Gasteiger partial charge in [-0.1, -0.05) is 30.3 Å². The number of aromatic amines is 1. The fourth-order valence-electron chi connectivity index (χ4n) is 2.34. The number of rotatable bonds is 2. The van der Waals surface area contributed by atoms with E-state index in [0.29, 0.717) is 17.1 Å². The van der Waals surface area contributed by atoms with Gasteiger partial charge in [0.2, 0.25) is 0 Å². The van der Waals surface area contributed by atoms with Gasteiger partial charge < -0.3 is 9.88 Å². The summed E-state index contributed by atoms with van der Waals surface area (Å²) in [4.78, 5) is 4.84. The normalized spacial score (nSPS) is 10.4. The van der Waals surface area contributed by atoms with Crippen LogP contribution in [-0.4, -0.2) is 12.0 Å². The summed E-state index contributed by atoms with van der Waals surface area (Å²) in [6.45, 7) is 0. The highest BCUT2D eigenvalue weighted by molar-refractivity contribution is 5.92. The van der Waals surface area contributed by atoms with Crippen molar-refractivity contribution < 1.29 is 4.39 Å². The predicted octanol–water partition coefficient (Wildman–Crippen LogP) is 3.95. The highest BCUT2D eigenvalue weighted by atomic mass is 19.1. The molecule has 0 aliphatic heterocycles. The molecule has 0 atom stereocenters. The summed E-state index contributed by atoms with van der Waals surface area (Å²) in [7, 11) is 1.74. The molecule has 0 amide bonds. The van der Waals surface area contributed by atoms with Gasteiger partial charge in [0.1, 0.15) is 23.3 Å². The number of fused-ring (bicyclic) bond motifs is 1. The van der Waals surface area contributed by atoms with Crippen molar-refractivity contribution in [3.05, 3.63) is 59.9 Å². The smallest absolute Gasteiger partial charge is 0.146 e. The average Bonchev–Trinajstić information content (AvgIpc) is 2.85. The number of hydrogen-bond acceptors (Lipinski definition) is 2. The lowest BCUT2D eigenvalue weighted by Gasteiger charge is -2.18. The van der Waals surface area contributed by atoms with Crippen LogP contribution in [0, 0.1) is 17.1 Å². The van der Waals surface area contributed by atoms with Gasteiger partial charge in [0.05, 0.1) is 5.69 Å². The lowest BCUT2D eigenvalue weighted by atomic mass is 10.1. The minimum absolute atomic E-state index is 0.322. The van der Waals surface area contributed by atoms with Crippen molar-refractivity contribution in [1.82, 2.24) is 4.98 Å². The van der Waals surface area contributed by atoms with E-state index in [9.17, 15) is 9.65 Å². The van der Waals surface area contributed by atoms with Crippen LogP contribution < -0.4 is 4.90 Å². The van der Waals surface area contributed by atoms with Gasteiger partial charge in [-0.15, -0.1) is 0 Å². The van der Waals surface area contributed by atoms with E-state index in [-0.39, 0.29) is 5.82 Å². The molecule has 0 saturated heterocycles. The van der Waals surface area contributed by atoms with E-state index in [2.05, 4.69) is 11.1 Å². The van der Waals surface area contributed by atoms with Gasteiger partial charge in [-0.25, -0.2) is 4.39 Å². The molecular weight excluding hydrogens is 253 g/mol. The van der Waals surface area contributed by atoms with Crippen LogP contribution in [0.5, 0.6) is 0 Å². The zero-order valence-corrected chi connectivity index (χ0v) is 10.9. The molecule has 1 aromatic heterocycles. The monoisotopic (exact) mass is 265 g/mol. The Balaban J connectivity index is 2.20. The third-order valence-electron chi connectivity index (χ3n) is 3.35. The molecule has 0 fully saturated rings. The minimum Gasteiger partial charge on any atom is -0.340 e. The fraction of sp³-hybridized carbons (Fsp3) is 0.0625. The number of anilines is 2. The standard InChI is InChI=1S/C16H12FN3/c1-20(15-9-5-3-7-13(15)17)16-12(10-18)11-6-2-4-8-14(11)19-16/h2-9,19H,1H3. The Morgan fingerprint density at radius 1 is 1.10 bits per heavy atom. The van der Waals surface area contributed by atoms with Gasteiger partial charge in [0.15, 0.2) is 0 Å². The van der Waals surface area contributed by atoms with E-state index < -0.39 is 0 Å². The Morgan fingerprint density at radius 3 is 2.55 bits per heavy atom. The number of nitriles is 1. The highest BCUT2D eigenvalue weighted by Crippen LogP contribution is 2.32. The summed E-state index contributed by atoms with van der Waals surface area (Å²) < 4.78 is 13.9. The third kappa shape index (κ3) is 1.81. The largest absolute Gasteiger partial charge is 0.340 e. The lowest BCUT2D eigenvalue weighted by Crippen LogP contribution is -2.12. The van der Waals surface area contributed by atoms with Crippen LogP contribution in [-0.2, 0) is 0 Å². The number of H-pyrrole nitrogens is 1. The van der Waals surface area contributed by atoms with Gasteiger partial charge in [-0.3, -0.25) is 0 Å². The van der Waals surface area contributed by atoms with E-state index in [1.54, 1.807) is 30.1 Å². The van der Waals surface area contributed by atoms with Gasteiger partial charge in [0, 0.05) is 18.0 Å². The minimum atomic E-state index is -0.322. The molecular formula is C16H12FN3. The molecule has 0 radical (unpaired) electrons. The molecule has 3 aromatic rings. The van der Waals surface area contributed by atoms with Crippen molar-refractivity contribution in [3.8, 4) is 6.07 Å². The first-order chi connectivity index (χ1) is 9.72. The summed E-state index contributed by atoms with van der Waals surface area (Å²) >= 11 is 0. The van der Waals surface area contributed by atoms with E-state index >= 15 is 0 Å². The second-order valence-electron chi connectivity index (χ2n) is 4.52. The summed E-state index contributed by atoms with van der Waals surface area (Å²) in [5.74, 6) is 0.274. The van der Waals surface area contributed by atoms with Crippen molar-refractivity contribution in [2.75, 3.05) is 11.9 Å². The molecule has 0 saturated carbocycles. The molecule has 4 heteroatoms. The second kappa shape index (κ2) is 4.71. The number of benzene rings is 2. The van der Waals surface area contributed by atoms with Crippen LogP contribution in [0.4, 0.5) is 15.9 Å². The number of hydrogen-bond donors (Lipinski definition) is 1. The Hall–Kier alpha value is -2.80. The van der Waals surface area contributed by atoms with Crippen LogP contribution in [0.3, 0.4) is 0 Å². The zero-order valence-electron chi connectivity index (χ0n) is 10.9. The maximum absolute atomic E-state index is 13.9. The Labute approximate surface area is 115 Å². The van der Waals surface area contributed by atoms with Crippen molar-refractivity contribution >= 4 is 22.4 Å². The van der Waals surface area contributed by atoms with Gasteiger partial charge in [-0.2, -0.15) is 5.26 Å². The van der Waals surface area contributed by atoms with Gasteiger partial charge in [-0.05, 0) is 18.2 Å². The number of para-hydroxylation sites is 2. The number of halogens is 1. The van der Waals surface area contributed by atoms with Crippen LogP contribution >= 0.6 is 0 Å². The first-order valence-corrected chi connectivity index (χ1v) is 6.21. The number of nitrogens with one attached hydrogen (secondary N) is 1. The van der Waals surface area contributed by atoms with Crippen molar-refractivity contribution in [1.29, 1.82) is 5.26 Å². The topological polar surface area (TPSA) is 42.8 Å². The molecule has 0 aliphatic rings. The first kappa shape index (κ1) is 12.2. The van der Waals surface area contributed by atoms with E-state index in [0.717, 1.165) is 10.9 Å². The second-order valence-corrected chi connectivity index (χ2v) is 4.52. The molecule has 0 bridgehead atoms. The zero-order chi connectivity index (χ0) is 14.1. The molecule has 3 rings (SSSR count). The summed E-state index contributed by atoms with van der Waals surface area (Å²) in [6.07, 6.45) is 0. The van der Waals surface area contributed by atoms with E-state index in [1.165, 1.54) is 6.07 Å². The molecule has 98 valence electrons. The maximum Gasteiger partial charge on any atom is 0.146 e. The quantitative estimate of drug-likeness (QED) is 0.762. The van der Waals surface area contributed by atoms with Crippen LogP contribution in [0.25, 0.3) is 10.9 Å². The van der Waals surface area contributed by atoms with Gasteiger partial charge >= 0.3 is 0 Å². The summed E-state index contributed by atoms with van der Waals surface area (Å²) in [6, 6.07) is 16.2. The Kier molecular flexibility index (Phi) is 2.88. The van der Waals surface area contributed by atoms with Gasteiger partial charge in [0.25, 0.3) is 0 Å². The fourth-order valence-corrected chi connectivity index (χ4v) is 2.34. The van der Waals surface area contributed by atoms with Crippen molar-refractivity contribution in [2.45, 2.75) is 0 Å². The maximum atomic E-state index is 13.9. The summed E-state index contributed by atoms with van der Waals surface area (Å²) in [5.41, 5.74) is 1.81. The molecule has 0 unspecified atom stereocenters. The molecule has 1 N–H and O–H groups in total. The van der Waals surface area contributed by atoms with Crippen LogP contribution in [0.15, 0.2) is 48.5 Å². The Bertz CT molecular complexity index is 814. The molecule has 20 heavy (non-hydrogen) atoms. The molecule has 0 spiro atoms. The third-order valence-corrected chi connectivity index (χ3v) is 3.35. The van der Waals surface area contributed by atoms with Crippen molar-refractivity contribution in [2.24, 2.45) is 0 Å². The molecule has 0 aliphatic carbocycles. The highest BCUT2D eigenvalue weighted by Gasteiger charge is 2.17. The van der Waals surface area contributed by atoms with Crippen LogP contribution in [0.1, 0.15) is 5.56 Å². The number of nitrogens with zero attached hydrogens (tertiary/aromatic N) is 2. The molecule has 2 aromatic carbocycles. The van der Waals surface area contributed by atoms with Crippen molar-refractivity contribution in [3.63, 3.8) is 0 Å². The average molecular weight is 265 g/mol.